The minimum absolute atomic E-state index is 0.137. The molecule has 1 saturated heterocycles. The number of halogens is 1. The molecule has 1 N–H and O–H groups in total. The molecule has 1 aromatic carbocycles. The first-order valence-electron chi connectivity index (χ1n) is 5.14. The van der Waals surface area contributed by atoms with Crippen LogP contribution in [0.3, 0.4) is 0 Å². The third-order valence-corrected chi connectivity index (χ3v) is 4.52. The molecule has 1 heterocycles. The van der Waals surface area contributed by atoms with Gasteiger partial charge in [0.2, 0.25) is 0 Å². The Hall–Kier alpha value is -0.540. The second kappa shape index (κ2) is 3.80. The molecular formula is C12H15FOS. The molecule has 0 saturated carbocycles. The number of thioether (sulfide) groups is 1. The largest absolute Gasteiger partial charge is 0.384 e. The van der Waals surface area contributed by atoms with E-state index in [4.69, 9.17) is 0 Å². The molecule has 1 aliphatic rings. The van der Waals surface area contributed by atoms with Crippen molar-refractivity contribution in [3.05, 3.63) is 35.1 Å². The molecule has 1 aliphatic heterocycles. The van der Waals surface area contributed by atoms with Gasteiger partial charge in [0.1, 0.15) is 11.4 Å². The summed E-state index contributed by atoms with van der Waals surface area (Å²) < 4.78 is 13.2. The maximum atomic E-state index is 13.2. The highest BCUT2D eigenvalue weighted by Crippen LogP contribution is 2.44. The molecule has 2 rings (SSSR count). The summed E-state index contributed by atoms with van der Waals surface area (Å²) in [5.74, 6) is 0.668. The Morgan fingerprint density at radius 1 is 1.53 bits per heavy atom. The summed E-state index contributed by atoms with van der Waals surface area (Å²) in [5.41, 5.74) is 0.866. The van der Waals surface area contributed by atoms with E-state index in [-0.39, 0.29) is 11.1 Å². The molecule has 0 amide bonds. The highest BCUT2D eigenvalue weighted by Gasteiger charge is 2.41. The van der Waals surface area contributed by atoms with E-state index in [9.17, 15) is 9.50 Å². The number of hydrogen-bond donors (Lipinski definition) is 1. The van der Waals surface area contributed by atoms with Gasteiger partial charge in [-0.15, -0.1) is 0 Å². The summed E-state index contributed by atoms with van der Waals surface area (Å²) >= 11 is 1.74. The van der Waals surface area contributed by atoms with Gasteiger partial charge in [-0.2, -0.15) is 11.8 Å². The quantitative estimate of drug-likeness (QED) is 0.794. The van der Waals surface area contributed by atoms with Gasteiger partial charge in [0.15, 0.2) is 0 Å². The molecule has 0 spiro atoms. The average Bonchev–Trinajstić information content (AvgIpc) is 2.52. The molecule has 0 aromatic heterocycles. The molecule has 0 bridgehead atoms. The van der Waals surface area contributed by atoms with Crippen LogP contribution in [-0.4, -0.2) is 16.1 Å². The minimum atomic E-state index is -0.850. The van der Waals surface area contributed by atoms with Crippen LogP contribution in [0.25, 0.3) is 0 Å². The molecular weight excluding hydrogens is 211 g/mol. The third-order valence-electron chi connectivity index (χ3n) is 3.19. The normalized spacial score (nSPS) is 30.8. The molecule has 2 atom stereocenters. The zero-order valence-corrected chi connectivity index (χ0v) is 9.77. The van der Waals surface area contributed by atoms with Crippen LogP contribution in [0.15, 0.2) is 18.2 Å². The van der Waals surface area contributed by atoms with Crippen molar-refractivity contribution in [3.8, 4) is 0 Å². The van der Waals surface area contributed by atoms with Crippen LogP contribution in [0.1, 0.15) is 24.5 Å². The van der Waals surface area contributed by atoms with Gasteiger partial charge in [-0.3, -0.25) is 0 Å². The van der Waals surface area contributed by atoms with Crippen LogP contribution >= 0.6 is 11.8 Å². The average molecular weight is 226 g/mol. The zero-order valence-electron chi connectivity index (χ0n) is 8.96. The highest BCUT2D eigenvalue weighted by atomic mass is 32.2. The third kappa shape index (κ3) is 1.79. The fourth-order valence-electron chi connectivity index (χ4n) is 2.15. The Morgan fingerprint density at radius 3 is 2.87 bits per heavy atom. The molecule has 0 radical (unpaired) electrons. The van der Waals surface area contributed by atoms with Crippen molar-refractivity contribution in [2.24, 2.45) is 0 Å². The fraction of sp³-hybridized carbons (Fsp3) is 0.500. The summed E-state index contributed by atoms with van der Waals surface area (Å²) in [5, 5.41) is 10.7. The number of benzene rings is 1. The molecule has 0 aliphatic carbocycles. The number of hydrogen-bond acceptors (Lipinski definition) is 2. The molecule has 1 nitrogen and oxygen atoms in total. The summed E-state index contributed by atoms with van der Waals surface area (Å²) in [4.78, 5) is 0. The van der Waals surface area contributed by atoms with E-state index in [1.54, 1.807) is 17.8 Å². The topological polar surface area (TPSA) is 20.2 Å². The Bertz CT molecular complexity index is 380. The van der Waals surface area contributed by atoms with Crippen molar-refractivity contribution in [3.63, 3.8) is 0 Å². The molecule has 82 valence electrons. The van der Waals surface area contributed by atoms with Crippen molar-refractivity contribution < 1.29 is 9.50 Å². The highest BCUT2D eigenvalue weighted by molar-refractivity contribution is 8.00. The van der Waals surface area contributed by atoms with Crippen LogP contribution in [-0.2, 0) is 5.60 Å². The summed E-state index contributed by atoms with van der Waals surface area (Å²) in [6, 6.07) is 4.64. The van der Waals surface area contributed by atoms with E-state index in [2.05, 4.69) is 0 Å². The van der Waals surface area contributed by atoms with E-state index in [0.29, 0.717) is 6.42 Å². The Labute approximate surface area is 93.7 Å². The van der Waals surface area contributed by atoms with E-state index >= 15 is 0 Å². The number of aliphatic hydroxyl groups is 1. The van der Waals surface area contributed by atoms with E-state index in [0.717, 1.165) is 16.9 Å². The first-order valence-corrected chi connectivity index (χ1v) is 6.19. The maximum Gasteiger partial charge on any atom is 0.123 e. The van der Waals surface area contributed by atoms with Crippen molar-refractivity contribution in [1.82, 2.24) is 0 Å². The lowest BCUT2D eigenvalue weighted by molar-refractivity contribution is 0.0417. The number of aryl methyl sites for hydroxylation is 1. The van der Waals surface area contributed by atoms with Gasteiger partial charge >= 0.3 is 0 Å². The van der Waals surface area contributed by atoms with Gasteiger partial charge in [0.25, 0.3) is 0 Å². The Morgan fingerprint density at radius 2 is 2.27 bits per heavy atom. The predicted octanol–water partition coefficient (Wildman–Crippen LogP) is 2.85. The van der Waals surface area contributed by atoms with Crippen LogP contribution in [0.2, 0.25) is 0 Å². The Balaban J connectivity index is 2.48. The summed E-state index contributed by atoms with van der Waals surface area (Å²) in [6.07, 6.45) is 0.711. The van der Waals surface area contributed by atoms with Crippen molar-refractivity contribution in [2.45, 2.75) is 31.1 Å². The standard InChI is InChI=1S/C12H15FOS/c1-8-3-4-10(13)7-11(8)12(14)5-6-15-9(12)2/h3-4,7,9,14H,5-6H2,1-2H3. The van der Waals surface area contributed by atoms with Gasteiger partial charge in [0.05, 0.1) is 0 Å². The number of rotatable bonds is 1. The first-order chi connectivity index (χ1) is 7.04. The predicted molar refractivity (Wildman–Crippen MR) is 61.6 cm³/mol. The first kappa shape index (κ1) is 11.0. The monoisotopic (exact) mass is 226 g/mol. The lowest BCUT2D eigenvalue weighted by Gasteiger charge is -2.29. The Kier molecular flexibility index (Phi) is 2.77. The second-order valence-corrected chi connectivity index (χ2v) is 5.60. The molecule has 15 heavy (non-hydrogen) atoms. The fourth-order valence-corrected chi connectivity index (χ4v) is 3.45. The van der Waals surface area contributed by atoms with Crippen molar-refractivity contribution >= 4 is 11.8 Å². The summed E-state index contributed by atoms with van der Waals surface area (Å²) in [7, 11) is 0. The maximum absolute atomic E-state index is 13.2. The van der Waals surface area contributed by atoms with E-state index in [1.165, 1.54) is 12.1 Å². The lowest BCUT2D eigenvalue weighted by Crippen LogP contribution is -2.32. The van der Waals surface area contributed by atoms with Gasteiger partial charge in [-0.05, 0) is 42.4 Å². The molecule has 1 aromatic rings. The second-order valence-electron chi connectivity index (χ2n) is 4.15. The van der Waals surface area contributed by atoms with Gasteiger partial charge < -0.3 is 5.11 Å². The van der Waals surface area contributed by atoms with E-state index < -0.39 is 5.60 Å². The van der Waals surface area contributed by atoms with Crippen LogP contribution in [0.5, 0.6) is 0 Å². The SMILES string of the molecule is Cc1ccc(F)cc1C1(O)CCSC1C. The van der Waals surface area contributed by atoms with Crippen LogP contribution < -0.4 is 0 Å². The molecule has 3 heteroatoms. The van der Waals surface area contributed by atoms with Gasteiger partial charge in [-0.25, -0.2) is 4.39 Å². The van der Waals surface area contributed by atoms with Crippen molar-refractivity contribution in [2.75, 3.05) is 5.75 Å². The smallest absolute Gasteiger partial charge is 0.123 e. The minimum Gasteiger partial charge on any atom is -0.384 e. The lowest BCUT2D eigenvalue weighted by atomic mass is 9.85. The van der Waals surface area contributed by atoms with E-state index in [1.807, 2.05) is 13.8 Å². The van der Waals surface area contributed by atoms with Gasteiger partial charge in [0, 0.05) is 5.25 Å². The summed E-state index contributed by atoms with van der Waals surface area (Å²) in [6.45, 7) is 3.92. The molecule has 2 unspecified atom stereocenters. The zero-order chi connectivity index (χ0) is 11.1. The molecule has 1 fully saturated rings. The van der Waals surface area contributed by atoms with Crippen molar-refractivity contribution in [1.29, 1.82) is 0 Å². The van der Waals surface area contributed by atoms with Crippen LogP contribution in [0.4, 0.5) is 4.39 Å². The van der Waals surface area contributed by atoms with Crippen LogP contribution in [0, 0.1) is 12.7 Å². The van der Waals surface area contributed by atoms with Gasteiger partial charge in [-0.1, -0.05) is 13.0 Å².